The van der Waals surface area contributed by atoms with E-state index in [1.807, 2.05) is 0 Å². The zero-order chi connectivity index (χ0) is 19.2. The lowest BCUT2D eigenvalue weighted by Crippen LogP contribution is -2.31. The number of nitrogens with zero attached hydrogens (tertiary/aromatic N) is 2. The molecule has 0 fully saturated rings. The van der Waals surface area contributed by atoms with E-state index < -0.39 is 17.8 Å². The number of fused-ring (bicyclic) bond motifs is 1. The third-order valence-electron chi connectivity index (χ3n) is 3.60. The maximum atomic E-state index is 12.5. The normalized spacial score (nSPS) is 10.4. The van der Waals surface area contributed by atoms with Crippen molar-refractivity contribution in [3.63, 3.8) is 0 Å². The fraction of sp³-hybridized carbons (Fsp3) is 0.118. The Morgan fingerprint density at radius 3 is 2.63 bits per heavy atom. The van der Waals surface area contributed by atoms with Crippen molar-refractivity contribution in [2.24, 2.45) is 5.73 Å². The number of hydrogen-bond donors (Lipinski definition) is 5. The van der Waals surface area contributed by atoms with E-state index in [-0.39, 0.29) is 18.7 Å². The first-order valence-corrected chi connectivity index (χ1v) is 8.05. The first kappa shape index (κ1) is 17.9. The van der Waals surface area contributed by atoms with Gasteiger partial charge in [-0.3, -0.25) is 9.59 Å². The molecule has 0 bridgehead atoms. The number of carbonyl (C=O) groups excluding carboxylic acids is 3. The molecular formula is C17H17N7O3. The summed E-state index contributed by atoms with van der Waals surface area (Å²) in [6, 6.07) is 7.87. The molecule has 1 aromatic carbocycles. The first-order chi connectivity index (χ1) is 13.0. The molecule has 27 heavy (non-hydrogen) atoms. The van der Waals surface area contributed by atoms with Crippen molar-refractivity contribution in [2.45, 2.75) is 6.42 Å². The highest BCUT2D eigenvalue weighted by molar-refractivity contribution is 6.10. The van der Waals surface area contributed by atoms with Gasteiger partial charge < -0.3 is 26.7 Å². The van der Waals surface area contributed by atoms with Crippen molar-refractivity contribution in [3.05, 3.63) is 48.5 Å². The third-order valence-corrected chi connectivity index (χ3v) is 3.60. The maximum absolute atomic E-state index is 12.5. The van der Waals surface area contributed by atoms with Crippen LogP contribution >= 0.6 is 0 Å². The van der Waals surface area contributed by atoms with Gasteiger partial charge in [0.15, 0.2) is 0 Å². The molecular weight excluding hydrogens is 350 g/mol. The van der Waals surface area contributed by atoms with E-state index in [2.05, 4.69) is 30.9 Å². The number of nitrogens with one attached hydrogen (secondary N) is 4. The zero-order valence-electron chi connectivity index (χ0n) is 14.2. The smallest absolute Gasteiger partial charge is 0.319 e. The van der Waals surface area contributed by atoms with Crippen LogP contribution in [-0.4, -0.2) is 39.3 Å². The summed E-state index contributed by atoms with van der Waals surface area (Å²) in [7, 11) is 0. The van der Waals surface area contributed by atoms with Gasteiger partial charge in [0.05, 0.1) is 5.39 Å². The lowest BCUT2D eigenvalue weighted by molar-refractivity contribution is -0.117. The van der Waals surface area contributed by atoms with Crippen LogP contribution in [-0.2, 0) is 4.79 Å². The number of nitrogens with two attached hydrogens (primary N) is 1. The van der Waals surface area contributed by atoms with Gasteiger partial charge in [-0.2, -0.15) is 0 Å². The number of primary amides is 1. The molecule has 10 heteroatoms. The fourth-order valence-corrected chi connectivity index (χ4v) is 2.39. The Morgan fingerprint density at radius 2 is 1.85 bits per heavy atom. The largest absolute Gasteiger partial charge is 0.370 e. The highest BCUT2D eigenvalue weighted by Crippen LogP contribution is 2.18. The van der Waals surface area contributed by atoms with Gasteiger partial charge in [0.2, 0.25) is 5.91 Å². The minimum atomic E-state index is -0.499. The van der Waals surface area contributed by atoms with E-state index in [0.29, 0.717) is 22.4 Å². The van der Waals surface area contributed by atoms with Crippen molar-refractivity contribution in [3.8, 4) is 0 Å². The van der Waals surface area contributed by atoms with Gasteiger partial charge in [0, 0.05) is 30.5 Å². The van der Waals surface area contributed by atoms with Crippen LogP contribution < -0.4 is 21.7 Å². The average Bonchev–Trinajstić information content (AvgIpc) is 3.10. The number of carbonyl (C=O) groups is 3. The first-order valence-electron chi connectivity index (χ1n) is 8.05. The molecule has 138 valence electrons. The Balaban J connectivity index is 1.65. The molecule has 0 spiro atoms. The summed E-state index contributed by atoms with van der Waals surface area (Å²) < 4.78 is 0. The van der Waals surface area contributed by atoms with Crippen LogP contribution in [0.4, 0.5) is 16.2 Å². The van der Waals surface area contributed by atoms with Crippen LogP contribution in [0.3, 0.4) is 0 Å². The van der Waals surface area contributed by atoms with E-state index in [9.17, 15) is 14.4 Å². The monoisotopic (exact) mass is 367 g/mol. The predicted molar refractivity (Wildman–Crippen MR) is 99.1 cm³/mol. The molecule has 10 nitrogen and oxygen atoms in total. The standard InChI is InChI=1S/C17H17N7O3/c18-13(25)5-7-20-17(27)24-11-3-1-2-10(8-11)23-16(26)14-12-4-6-19-15(12)22-9-21-14/h1-4,6,8-9H,5,7H2,(H2,18,25)(H,23,26)(H,19,21,22)(H2,20,24,27). The number of rotatable bonds is 6. The Kier molecular flexibility index (Phi) is 5.26. The molecule has 3 aromatic rings. The molecule has 2 aromatic heterocycles. The molecule has 0 saturated carbocycles. The number of aromatic nitrogens is 3. The Bertz CT molecular complexity index is 999. The number of amides is 4. The van der Waals surface area contributed by atoms with Gasteiger partial charge in [-0.25, -0.2) is 14.8 Å². The molecule has 2 heterocycles. The van der Waals surface area contributed by atoms with Crippen LogP contribution in [0, 0.1) is 0 Å². The SMILES string of the molecule is NC(=O)CCNC(=O)Nc1cccc(NC(=O)c2ncnc3[nH]ccc23)c1. The summed E-state index contributed by atoms with van der Waals surface area (Å²) >= 11 is 0. The fourth-order valence-electron chi connectivity index (χ4n) is 2.39. The van der Waals surface area contributed by atoms with Crippen molar-refractivity contribution in [2.75, 3.05) is 17.2 Å². The summed E-state index contributed by atoms with van der Waals surface area (Å²) in [5.41, 5.74) is 6.77. The average molecular weight is 367 g/mol. The number of urea groups is 1. The molecule has 0 radical (unpaired) electrons. The summed E-state index contributed by atoms with van der Waals surface area (Å²) in [5, 5.41) is 8.46. The number of anilines is 2. The minimum Gasteiger partial charge on any atom is -0.370 e. The van der Waals surface area contributed by atoms with Crippen LogP contribution in [0.25, 0.3) is 11.0 Å². The van der Waals surface area contributed by atoms with Gasteiger partial charge in [-0.1, -0.05) is 6.07 Å². The Hall–Kier alpha value is -3.95. The number of aromatic amines is 1. The van der Waals surface area contributed by atoms with Crippen molar-refractivity contribution >= 4 is 40.3 Å². The van der Waals surface area contributed by atoms with Gasteiger partial charge in [0.1, 0.15) is 17.7 Å². The van der Waals surface area contributed by atoms with Gasteiger partial charge in [0.25, 0.3) is 5.91 Å². The summed E-state index contributed by atoms with van der Waals surface area (Å²) in [4.78, 5) is 46.0. The maximum Gasteiger partial charge on any atom is 0.319 e. The van der Waals surface area contributed by atoms with Crippen LogP contribution in [0.1, 0.15) is 16.9 Å². The number of hydrogen-bond acceptors (Lipinski definition) is 5. The van der Waals surface area contributed by atoms with Crippen LogP contribution in [0.5, 0.6) is 0 Å². The van der Waals surface area contributed by atoms with Crippen molar-refractivity contribution in [1.29, 1.82) is 0 Å². The second-order valence-corrected chi connectivity index (χ2v) is 5.59. The lowest BCUT2D eigenvalue weighted by Gasteiger charge is -2.09. The second kappa shape index (κ2) is 7.95. The summed E-state index contributed by atoms with van der Waals surface area (Å²) in [5.74, 6) is -0.897. The van der Waals surface area contributed by atoms with Gasteiger partial charge in [-0.05, 0) is 24.3 Å². The molecule has 0 aliphatic carbocycles. The highest BCUT2D eigenvalue weighted by Gasteiger charge is 2.13. The van der Waals surface area contributed by atoms with Gasteiger partial charge in [-0.15, -0.1) is 0 Å². The predicted octanol–water partition coefficient (Wildman–Crippen LogP) is 1.21. The molecule has 3 rings (SSSR count). The highest BCUT2D eigenvalue weighted by atomic mass is 16.2. The Morgan fingerprint density at radius 1 is 1.07 bits per heavy atom. The molecule has 4 amide bonds. The quantitative estimate of drug-likeness (QED) is 0.443. The molecule has 0 aliphatic heterocycles. The zero-order valence-corrected chi connectivity index (χ0v) is 14.2. The van der Waals surface area contributed by atoms with E-state index in [0.717, 1.165) is 0 Å². The molecule has 0 unspecified atom stereocenters. The second-order valence-electron chi connectivity index (χ2n) is 5.59. The summed E-state index contributed by atoms with van der Waals surface area (Å²) in [6.45, 7) is 0.137. The van der Waals surface area contributed by atoms with Crippen molar-refractivity contribution < 1.29 is 14.4 Å². The Labute approximate surface area is 153 Å². The molecule has 0 atom stereocenters. The topological polar surface area (TPSA) is 155 Å². The van der Waals surface area contributed by atoms with E-state index in [1.54, 1.807) is 36.5 Å². The minimum absolute atomic E-state index is 0.0517. The van der Waals surface area contributed by atoms with Gasteiger partial charge >= 0.3 is 6.03 Å². The number of H-pyrrole nitrogens is 1. The van der Waals surface area contributed by atoms with Crippen molar-refractivity contribution in [1.82, 2.24) is 20.3 Å². The van der Waals surface area contributed by atoms with E-state index >= 15 is 0 Å². The molecule has 0 saturated heterocycles. The third kappa shape index (κ3) is 4.57. The molecule has 6 N–H and O–H groups in total. The van der Waals surface area contributed by atoms with Crippen LogP contribution in [0.2, 0.25) is 0 Å². The number of benzene rings is 1. The van der Waals surface area contributed by atoms with Crippen LogP contribution in [0.15, 0.2) is 42.9 Å². The van der Waals surface area contributed by atoms with E-state index in [4.69, 9.17) is 5.73 Å². The lowest BCUT2D eigenvalue weighted by atomic mass is 10.2. The molecule has 0 aliphatic rings. The van der Waals surface area contributed by atoms with E-state index in [1.165, 1.54) is 6.33 Å². The summed E-state index contributed by atoms with van der Waals surface area (Å²) in [6.07, 6.45) is 3.04.